The van der Waals surface area contributed by atoms with Crippen molar-refractivity contribution in [2.45, 2.75) is 19.8 Å². The van der Waals surface area contributed by atoms with Crippen molar-refractivity contribution in [2.75, 3.05) is 23.3 Å². The van der Waals surface area contributed by atoms with E-state index in [1.807, 2.05) is 19.1 Å². The van der Waals surface area contributed by atoms with Gasteiger partial charge in [0.1, 0.15) is 11.6 Å². The highest BCUT2D eigenvalue weighted by atomic mass is 16.2. The zero-order valence-corrected chi connectivity index (χ0v) is 13.9. The normalized spacial score (nSPS) is 15.3. The van der Waals surface area contributed by atoms with Crippen molar-refractivity contribution in [3.63, 3.8) is 0 Å². The van der Waals surface area contributed by atoms with Gasteiger partial charge < -0.3 is 10.2 Å². The Labute approximate surface area is 140 Å². The van der Waals surface area contributed by atoms with E-state index in [0.29, 0.717) is 5.82 Å². The Morgan fingerprint density at radius 1 is 1.25 bits per heavy atom. The second-order valence-electron chi connectivity index (χ2n) is 6.07. The Morgan fingerprint density at radius 3 is 2.67 bits per heavy atom. The number of piperidine rings is 1. The second-order valence-corrected chi connectivity index (χ2v) is 6.07. The van der Waals surface area contributed by atoms with Crippen LogP contribution in [0.2, 0.25) is 0 Å². The zero-order chi connectivity index (χ0) is 17.1. The van der Waals surface area contributed by atoms with E-state index in [-0.39, 0.29) is 17.4 Å². The van der Waals surface area contributed by atoms with E-state index in [1.165, 1.54) is 10.7 Å². The second kappa shape index (κ2) is 6.82. The summed E-state index contributed by atoms with van der Waals surface area (Å²) in [5, 5.41) is 7.19. The van der Waals surface area contributed by atoms with Crippen LogP contribution in [0.25, 0.3) is 0 Å². The SMILES string of the molecule is Cc1cccnc1NC(=O)C1CCN(c2ccc(=O)n(C)n2)CC1. The highest BCUT2D eigenvalue weighted by Gasteiger charge is 2.26. The third-order valence-corrected chi connectivity index (χ3v) is 4.39. The Kier molecular flexibility index (Phi) is 4.59. The molecule has 0 atom stereocenters. The van der Waals surface area contributed by atoms with E-state index in [2.05, 4.69) is 20.3 Å². The minimum absolute atomic E-state index is 0.0184. The average molecular weight is 327 g/mol. The van der Waals surface area contributed by atoms with Crippen molar-refractivity contribution in [2.24, 2.45) is 13.0 Å². The largest absolute Gasteiger partial charge is 0.355 e. The number of anilines is 2. The number of carbonyl (C=O) groups is 1. The lowest BCUT2D eigenvalue weighted by molar-refractivity contribution is -0.120. The van der Waals surface area contributed by atoms with E-state index in [4.69, 9.17) is 0 Å². The minimum Gasteiger partial charge on any atom is -0.355 e. The highest BCUT2D eigenvalue weighted by molar-refractivity contribution is 5.92. The van der Waals surface area contributed by atoms with Crippen LogP contribution in [-0.4, -0.2) is 33.8 Å². The Balaban J connectivity index is 1.60. The van der Waals surface area contributed by atoms with Crippen molar-refractivity contribution in [1.29, 1.82) is 0 Å². The van der Waals surface area contributed by atoms with Gasteiger partial charge in [0.2, 0.25) is 5.91 Å². The van der Waals surface area contributed by atoms with Gasteiger partial charge in [0.15, 0.2) is 0 Å². The zero-order valence-electron chi connectivity index (χ0n) is 13.9. The van der Waals surface area contributed by atoms with Gasteiger partial charge in [0.05, 0.1) is 0 Å². The van der Waals surface area contributed by atoms with E-state index >= 15 is 0 Å². The molecule has 1 aliphatic rings. The summed E-state index contributed by atoms with van der Waals surface area (Å²) in [6.45, 7) is 3.41. The van der Waals surface area contributed by atoms with Crippen LogP contribution >= 0.6 is 0 Å². The van der Waals surface area contributed by atoms with Crippen molar-refractivity contribution in [3.8, 4) is 0 Å². The Bertz CT molecular complexity index is 794. The molecule has 7 heteroatoms. The average Bonchev–Trinajstić information content (AvgIpc) is 2.59. The first kappa shape index (κ1) is 16.2. The van der Waals surface area contributed by atoms with Crippen LogP contribution in [-0.2, 0) is 11.8 Å². The monoisotopic (exact) mass is 327 g/mol. The molecule has 2 aromatic rings. The summed E-state index contributed by atoms with van der Waals surface area (Å²) in [7, 11) is 1.64. The molecule has 1 N–H and O–H groups in total. The molecule has 0 aromatic carbocycles. The molecule has 7 nitrogen and oxygen atoms in total. The molecule has 0 unspecified atom stereocenters. The molecule has 0 saturated carbocycles. The lowest BCUT2D eigenvalue weighted by Crippen LogP contribution is -2.39. The first-order chi connectivity index (χ1) is 11.5. The van der Waals surface area contributed by atoms with Gasteiger partial charge >= 0.3 is 0 Å². The number of hydrogen-bond acceptors (Lipinski definition) is 5. The molecule has 2 aromatic heterocycles. The van der Waals surface area contributed by atoms with E-state index < -0.39 is 0 Å². The third-order valence-electron chi connectivity index (χ3n) is 4.39. The van der Waals surface area contributed by atoms with Gasteiger partial charge in [0, 0.05) is 38.3 Å². The van der Waals surface area contributed by atoms with Crippen LogP contribution < -0.4 is 15.8 Å². The molecular weight excluding hydrogens is 306 g/mol. The molecule has 1 saturated heterocycles. The molecule has 3 rings (SSSR count). The molecule has 0 bridgehead atoms. The summed E-state index contributed by atoms with van der Waals surface area (Å²) in [5.41, 5.74) is 0.830. The van der Waals surface area contributed by atoms with Crippen LogP contribution in [0.4, 0.5) is 11.6 Å². The number of aromatic nitrogens is 3. The topological polar surface area (TPSA) is 80.1 Å². The lowest BCUT2D eigenvalue weighted by atomic mass is 9.96. The molecule has 0 radical (unpaired) electrons. The first-order valence-electron chi connectivity index (χ1n) is 8.06. The smallest absolute Gasteiger partial charge is 0.266 e. The van der Waals surface area contributed by atoms with E-state index in [0.717, 1.165) is 37.3 Å². The van der Waals surface area contributed by atoms with Gasteiger partial charge in [-0.15, -0.1) is 0 Å². The number of nitrogens with zero attached hydrogens (tertiary/aromatic N) is 4. The Hall–Kier alpha value is -2.70. The molecule has 1 fully saturated rings. The van der Waals surface area contributed by atoms with Crippen molar-refractivity contribution in [1.82, 2.24) is 14.8 Å². The van der Waals surface area contributed by atoms with Gasteiger partial charge in [-0.3, -0.25) is 9.59 Å². The summed E-state index contributed by atoms with van der Waals surface area (Å²) in [6, 6.07) is 7.03. The third kappa shape index (κ3) is 3.45. The molecule has 126 valence electrons. The predicted molar refractivity (Wildman–Crippen MR) is 92.0 cm³/mol. The van der Waals surface area contributed by atoms with Crippen LogP contribution in [0.15, 0.2) is 35.3 Å². The molecule has 24 heavy (non-hydrogen) atoms. The van der Waals surface area contributed by atoms with Crippen LogP contribution in [0.5, 0.6) is 0 Å². The molecule has 1 aliphatic heterocycles. The fourth-order valence-corrected chi connectivity index (χ4v) is 2.86. The quantitative estimate of drug-likeness (QED) is 0.920. The highest BCUT2D eigenvalue weighted by Crippen LogP contribution is 2.22. The molecule has 1 amide bonds. The van der Waals surface area contributed by atoms with Crippen molar-refractivity contribution in [3.05, 3.63) is 46.4 Å². The summed E-state index contributed by atoms with van der Waals surface area (Å²) in [6.07, 6.45) is 3.18. The number of aryl methyl sites for hydroxylation is 2. The summed E-state index contributed by atoms with van der Waals surface area (Å²) >= 11 is 0. The van der Waals surface area contributed by atoms with Crippen LogP contribution in [0.3, 0.4) is 0 Å². The van der Waals surface area contributed by atoms with Gasteiger partial charge in [-0.25, -0.2) is 9.67 Å². The molecule has 3 heterocycles. The standard InChI is InChI=1S/C17H21N5O2/c1-12-4-3-9-18-16(12)19-17(24)13-7-10-22(11-8-13)14-5-6-15(23)21(2)20-14/h3-6,9,13H,7-8,10-11H2,1-2H3,(H,18,19,24). The van der Waals surface area contributed by atoms with Crippen molar-refractivity contribution < 1.29 is 4.79 Å². The number of rotatable bonds is 3. The minimum atomic E-state index is -0.126. The molecule has 0 aliphatic carbocycles. The number of amides is 1. The maximum atomic E-state index is 12.4. The fraction of sp³-hybridized carbons (Fsp3) is 0.412. The maximum Gasteiger partial charge on any atom is 0.266 e. The lowest BCUT2D eigenvalue weighted by Gasteiger charge is -2.32. The number of carbonyl (C=O) groups excluding carboxylic acids is 1. The van der Waals surface area contributed by atoms with Gasteiger partial charge in [-0.1, -0.05) is 6.07 Å². The summed E-state index contributed by atoms with van der Waals surface area (Å²) in [5.74, 6) is 1.39. The summed E-state index contributed by atoms with van der Waals surface area (Å²) in [4.78, 5) is 30.2. The van der Waals surface area contributed by atoms with Gasteiger partial charge in [-0.2, -0.15) is 5.10 Å². The van der Waals surface area contributed by atoms with Crippen molar-refractivity contribution >= 4 is 17.5 Å². The van der Waals surface area contributed by atoms with E-state index in [1.54, 1.807) is 19.3 Å². The number of nitrogens with one attached hydrogen (secondary N) is 1. The van der Waals surface area contributed by atoms with Gasteiger partial charge in [0.25, 0.3) is 5.56 Å². The predicted octanol–water partition coefficient (Wildman–Crippen LogP) is 1.34. The molecular formula is C17H21N5O2. The number of hydrogen-bond donors (Lipinski definition) is 1. The fourth-order valence-electron chi connectivity index (χ4n) is 2.86. The summed E-state index contributed by atoms with van der Waals surface area (Å²) < 4.78 is 1.33. The first-order valence-corrected chi connectivity index (χ1v) is 8.06. The maximum absolute atomic E-state index is 12.4. The Morgan fingerprint density at radius 2 is 2.00 bits per heavy atom. The van der Waals surface area contributed by atoms with Crippen LogP contribution in [0, 0.1) is 12.8 Å². The van der Waals surface area contributed by atoms with Crippen LogP contribution in [0.1, 0.15) is 18.4 Å². The van der Waals surface area contributed by atoms with E-state index in [9.17, 15) is 9.59 Å². The molecule has 0 spiro atoms. The van der Waals surface area contributed by atoms with Gasteiger partial charge in [-0.05, 0) is 37.5 Å². The number of pyridine rings is 1.